The lowest BCUT2D eigenvalue weighted by molar-refractivity contribution is -0.165. The van der Waals surface area contributed by atoms with Crippen molar-refractivity contribution >= 4 is 16.9 Å². The number of hydrogen-bond donors (Lipinski definition) is 7. The van der Waals surface area contributed by atoms with Crippen molar-refractivity contribution in [3.05, 3.63) is 122 Å². The minimum Gasteiger partial charge on any atom is -0.508 e. The van der Waals surface area contributed by atoms with Crippen molar-refractivity contribution in [2.24, 2.45) is 23.3 Å². The first kappa shape index (κ1) is 38.4. The Labute approximate surface area is 331 Å². The monoisotopic (exact) mass is 776 g/mol. The van der Waals surface area contributed by atoms with Gasteiger partial charge in [-0.25, -0.2) is 4.79 Å². The second-order valence-corrected chi connectivity index (χ2v) is 16.2. The van der Waals surface area contributed by atoms with E-state index in [9.17, 15) is 24.9 Å². The fourth-order valence-electron chi connectivity index (χ4n) is 9.74. The van der Waals surface area contributed by atoms with Crippen molar-refractivity contribution in [1.82, 2.24) is 10.6 Å². The molecule has 57 heavy (non-hydrogen) atoms. The average molecular weight is 777 g/mol. The molecule has 4 aliphatic heterocycles. The van der Waals surface area contributed by atoms with Crippen LogP contribution in [0.15, 0.2) is 98.2 Å². The van der Waals surface area contributed by atoms with Gasteiger partial charge in [-0.2, -0.15) is 0 Å². The molecular formula is C45H52N4O8. The van der Waals surface area contributed by atoms with E-state index >= 15 is 0 Å². The number of aromatic hydroxyl groups is 2. The highest BCUT2D eigenvalue weighted by Crippen LogP contribution is 2.55. The van der Waals surface area contributed by atoms with Crippen molar-refractivity contribution < 1.29 is 34.0 Å². The number of carbonyl (C=O) groups is 1. The van der Waals surface area contributed by atoms with Crippen LogP contribution in [-0.4, -0.2) is 45.7 Å². The van der Waals surface area contributed by atoms with Gasteiger partial charge in [0.25, 0.3) is 0 Å². The molecule has 1 unspecified atom stereocenters. The molecule has 3 aromatic rings. The van der Waals surface area contributed by atoms with Gasteiger partial charge in [0, 0.05) is 53.8 Å². The van der Waals surface area contributed by atoms with Crippen molar-refractivity contribution in [1.29, 1.82) is 0 Å². The lowest BCUT2D eigenvalue weighted by Crippen LogP contribution is -2.57. The molecule has 5 heterocycles. The second-order valence-electron chi connectivity index (χ2n) is 16.2. The SMILES string of the molecule is C/C=C(\C(=O)O[C@@H]1Cc2c3c(c4oc(CO)cc(=O)c4c2O)[C@@H](Cc2cccc(O)c2)C2=CCNC(N)=C2CC[C@@H](CC2=CNC(N)C=C2)[C@]1(C)O3)C1CCCC1. The number of fused-ring (bicyclic) bond motifs is 4. The lowest BCUT2D eigenvalue weighted by atomic mass is 9.70. The van der Waals surface area contributed by atoms with Gasteiger partial charge < -0.3 is 51.3 Å². The summed E-state index contributed by atoms with van der Waals surface area (Å²) < 4.78 is 20.4. The van der Waals surface area contributed by atoms with E-state index in [2.05, 4.69) is 16.7 Å². The summed E-state index contributed by atoms with van der Waals surface area (Å²) in [5.74, 6) is -0.466. The number of phenolic OH excluding ortho intramolecular Hbond substituents is 2. The first-order valence-corrected chi connectivity index (χ1v) is 20.1. The van der Waals surface area contributed by atoms with Crippen LogP contribution in [0.3, 0.4) is 0 Å². The maximum atomic E-state index is 14.3. The number of aliphatic hydroxyl groups excluding tert-OH is 1. The number of esters is 1. The highest BCUT2D eigenvalue weighted by molar-refractivity contribution is 5.92. The molecule has 0 saturated heterocycles. The maximum Gasteiger partial charge on any atom is 0.334 e. The number of benzene rings is 2. The van der Waals surface area contributed by atoms with Gasteiger partial charge in [-0.1, -0.05) is 43.2 Å². The second kappa shape index (κ2) is 15.5. The Hall–Kier alpha value is -5.46. The van der Waals surface area contributed by atoms with Gasteiger partial charge in [0.05, 0.1) is 12.0 Å². The van der Waals surface area contributed by atoms with Crippen LogP contribution in [0.4, 0.5) is 0 Å². The minimum atomic E-state index is -1.18. The van der Waals surface area contributed by atoms with E-state index in [-0.39, 0.29) is 52.7 Å². The number of phenols is 2. The Kier molecular flexibility index (Phi) is 10.4. The van der Waals surface area contributed by atoms with E-state index in [1.165, 1.54) is 6.07 Å². The molecule has 1 fully saturated rings. The van der Waals surface area contributed by atoms with Crippen molar-refractivity contribution in [3.63, 3.8) is 0 Å². The molecule has 0 amide bonds. The Morgan fingerprint density at radius 1 is 1.14 bits per heavy atom. The zero-order valence-corrected chi connectivity index (χ0v) is 32.5. The van der Waals surface area contributed by atoms with Crippen LogP contribution in [0.5, 0.6) is 17.2 Å². The fraction of sp³-hybridized carbons (Fsp3) is 0.422. The molecule has 1 saturated carbocycles. The minimum absolute atomic E-state index is 0.0293. The summed E-state index contributed by atoms with van der Waals surface area (Å²) in [4.78, 5) is 28.3. The van der Waals surface area contributed by atoms with E-state index in [1.54, 1.807) is 18.2 Å². The first-order valence-electron chi connectivity index (χ1n) is 20.1. The van der Waals surface area contributed by atoms with E-state index in [4.69, 9.17) is 25.4 Å². The van der Waals surface area contributed by atoms with Gasteiger partial charge in [-0.3, -0.25) is 4.79 Å². The smallest absolute Gasteiger partial charge is 0.334 e. The summed E-state index contributed by atoms with van der Waals surface area (Å²) in [6.45, 7) is 3.74. The molecule has 2 bridgehead atoms. The molecule has 300 valence electrons. The Bertz CT molecular complexity index is 2320. The van der Waals surface area contributed by atoms with Crippen LogP contribution < -0.4 is 32.3 Å². The van der Waals surface area contributed by atoms with Gasteiger partial charge >= 0.3 is 5.97 Å². The van der Waals surface area contributed by atoms with E-state index in [0.717, 1.165) is 48.0 Å². The lowest BCUT2D eigenvalue weighted by Gasteiger charge is -2.48. The Balaban J connectivity index is 1.39. The molecule has 9 N–H and O–H groups in total. The molecular weight excluding hydrogens is 725 g/mol. The van der Waals surface area contributed by atoms with Crippen LogP contribution in [0.25, 0.3) is 11.0 Å². The number of hydrogen-bond acceptors (Lipinski definition) is 12. The third-order valence-corrected chi connectivity index (χ3v) is 12.8. The molecule has 12 nitrogen and oxygen atoms in total. The van der Waals surface area contributed by atoms with Crippen LogP contribution in [0, 0.1) is 11.8 Å². The molecule has 5 aliphatic rings. The molecule has 1 aliphatic carbocycles. The Morgan fingerprint density at radius 2 is 1.95 bits per heavy atom. The number of carbonyl (C=O) groups excluding carboxylic acids is 1. The van der Waals surface area contributed by atoms with Gasteiger partial charge in [0.15, 0.2) is 5.43 Å². The number of dihydropyridines is 2. The Morgan fingerprint density at radius 3 is 2.67 bits per heavy atom. The van der Waals surface area contributed by atoms with Crippen molar-refractivity contribution in [2.75, 3.05) is 6.54 Å². The molecule has 12 heteroatoms. The topological polar surface area (TPSA) is 203 Å². The van der Waals surface area contributed by atoms with Gasteiger partial charge in [0.1, 0.15) is 52.3 Å². The summed E-state index contributed by atoms with van der Waals surface area (Å²) in [5.41, 5.74) is 16.4. The van der Waals surface area contributed by atoms with Gasteiger partial charge in [-0.05, 0) is 98.8 Å². The molecule has 2 aromatic carbocycles. The molecule has 0 radical (unpaired) electrons. The molecule has 0 spiro atoms. The van der Waals surface area contributed by atoms with E-state index < -0.39 is 35.6 Å². The normalized spacial score (nSPS) is 26.1. The van der Waals surface area contributed by atoms with Gasteiger partial charge in [0.2, 0.25) is 0 Å². The molecule has 1 aromatic heterocycles. The fourth-order valence-corrected chi connectivity index (χ4v) is 9.74. The number of nitrogens with two attached hydrogens (primary N) is 2. The zero-order valence-electron chi connectivity index (χ0n) is 32.5. The summed E-state index contributed by atoms with van der Waals surface area (Å²) in [6.07, 6.45) is 14.5. The maximum absolute atomic E-state index is 14.3. The van der Waals surface area contributed by atoms with Crippen LogP contribution >= 0.6 is 0 Å². The van der Waals surface area contributed by atoms with E-state index in [0.29, 0.717) is 60.5 Å². The number of aliphatic hydroxyl groups is 1. The van der Waals surface area contributed by atoms with Crippen LogP contribution in [-0.2, 0) is 29.0 Å². The van der Waals surface area contributed by atoms with Gasteiger partial charge in [-0.15, -0.1) is 0 Å². The average Bonchev–Trinajstić information content (AvgIpc) is 3.72. The third-order valence-electron chi connectivity index (χ3n) is 12.8. The largest absolute Gasteiger partial charge is 0.508 e. The standard InChI is InChI=1S/C45H52N4O8/c1-3-30(26-8-4-5-9-26)44(54)56-36-21-34-40(53)39-35(52)20-29(23-50)55-42(39)38-33(19-24-7-6-10-28(51)18-24)31-15-16-48-43(47)32(31)13-12-27(45(36,2)57-41(34)38)17-25-11-14-37(46)49-22-25/h3,6-7,10-11,14-15,18,20,22,26-27,33,36-37,48-51,53H,4-5,8-9,12-13,16-17,19,21,23,46-47H2,1-2H3/b30-3-/t27-,33-,36+,37?,45-/m0/s1. The summed E-state index contributed by atoms with van der Waals surface area (Å²) in [7, 11) is 0. The van der Waals surface area contributed by atoms with E-state index in [1.807, 2.05) is 44.3 Å². The predicted molar refractivity (Wildman–Crippen MR) is 216 cm³/mol. The number of nitrogens with one attached hydrogen (secondary N) is 2. The summed E-state index contributed by atoms with van der Waals surface area (Å²) in [5, 5.41) is 39.5. The van der Waals surface area contributed by atoms with Crippen LogP contribution in [0.2, 0.25) is 0 Å². The first-order chi connectivity index (χ1) is 27.5. The molecule has 5 atom stereocenters. The molecule has 8 rings (SSSR count). The van der Waals surface area contributed by atoms with Crippen molar-refractivity contribution in [3.8, 4) is 17.2 Å². The summed E-state index contributed by atoms with van der Waals surface area (Å²) in [6, 6.07) is 8.19. The van der Waals surface area contributed by atoms with Crippen molar-refractivity contribution in [2.45, 2.75) is 102 Å². The number of allylic oxidation sites excluding steroid dienone is 5. The quantitative estimate of drug-likeness (QED) is 0.111. The highest BCUT2D eigenvalue weighted by Gasteiger charge is 2.52. The number of rotatable bonds is 8. The summed E-state index contributed by atoms with van der Waals surface area (Å²) >= 11 is 0. The number of ether oxygens (including phenoxy) is 2. The highest BCUT2D eigenvalue weighted by atomic mass is 16.6. The van der Waals surface area contributed by atoms with Crippen LogP contribution in [0.1, 0.15) is 87.2 Å². The predicted octanol–water partition coefficient (Wildman–Crippen LogP) is 5.59. The zero-order chi connectivity index (χ0) is 40.0. The third kappa shape index (κ3) is 7.10.